The molecule has 0 bridgehead atoms. The zero-order valence-electron chi connectivity index (χ0n) is 13.1. The Hall–Kier alpha value is -3.02. The molecule has 0 saturated heterocycles. The molecule has 0 spiro atoms. The van der Waals surface area contributed by atoms with Crippen LogP contribution in [0.5, 0.6) is 0 Å². The van der Waals surface area contributed by atoms with Crippen molar-refractivity contribution in [2.24, 2.45) is 0 Å². The number of pyridine rings is 1. The summed E-state index contributed by atoms with van der Waals surface area (Å²) in [6, 6.07) is 0.873. The number of hydrogen-bond donors (Lipinski definition) is 1. The molecule has 0 saturated carbocycles. The molecule has 1 amide bonds. The number of likely N-dealkylation sites (N-methyl/N-ethyl adjacent to an activating group) is 1. The first-order chi connectivity index (χ1) is 11.2. The van der Waals surface area contributed by atoms with Crippen LogP contribution in [0.3, 0.4) is 0 Å². The van der Waals surface area contributed by atoms with Crippen LogP contribution in [0, 0.1) is 20.2 Å². The third kappa shape index (κ3) is 5.64. The summed E-state index contributed by atoms with van der Waals surface area (Å²) < 4.78 is 1.08. The maximum absolute atomic E-state index is 12.3. The lowest BCUT2D eigenvalue weighted by Crippen LogP contribution is -2.36. The molecule has 1 N–H and O–H groups in total. The predicted octanol–water partition coefficient (Wildman–Crippen LogP) is -0.744. The third-order valence-electron chi connectivity index (χ3n) is 2.90. The zero-order valence-corrected chi connectivity index (χ0v) is 13.1. The SMILES string of the molecule is CN(C)CCn1cc([N+](=O)[O-])cc(C(=O)NCCO[N+](=O)[O-])c1=O. The van der Waals surface area contributed by atoms with Crippen molar-refractivity contribution in [3.63, 3.8) is 0 Å². The maximum atomic E-state index is 12.3. The lowest BCUT2D eigenvalue weighted by molar-refractivity contribution is -0.757. The molecule has 12 nitrogen and oxygen atoms in total. The number of hydrogen-bond acceptors (Lipinski definition) is 8. The molecule has 0 aliphatic carbocycles. The summed E-state index contributed by atoms with van der Waals surface area (Å²) in [5.74, 6) is -0.866. The number of rotatable bonds is 9. The topological polar surface area (TPSA) is 150 Å². The molecule has 1 rings (SSSR count). The van der Waals surface area contributed by atoms with Crippen molar-refractivity contribution < 1.29 is 19.6 Å². The zero-order chi connectivity index (χ0) is 18.3. The average Bonchev–Trinajstić information content (AvgIpc) is 2.49. The summed E-state index contributed by atoms with van der Waals surface area (Å²) in [5.41, 5.74) is -1.50. The Labute approximate surface area is 135 Å². The average molecular weight is 343 g/mol. The number of nitro groups is 1. The normalized spacial score (nSPS) is 10.5. The van der Waals surface area contributed by atoms with Gasteiger partial charge in [0, 0.05) is 25.7 Å². The second-order valence-corrected chi connectivity index (χ2v) is 4.98. The highest BCUT2D eigenvalue weighted by atomic mass is 16.9. The van der Waals surface area contributed by atoms with Crippen LogP contribution < -0.4 is 10.9 Å². The van der Waals surface area contributed by atoms with Gasteiger partial charge in [0.1, 0.15) is 12.2 Å². The molecule has 0 aromatic carbocycles. The number of nitrogens with one attached hydrogen (secondary N) is 1. The highest BCUT2D eigenvalue weighted by molar-refractivity contribution is 5.94. The molecule has 0 unspecified atom stereocenters. The van der Waals surface area contributed by atoms with Gasteiger partial charge in [-0.15, -0.1) is 10.1 Å². The maximum Gasteiger partial charge on any atom is 0.294 e. The fraction of sp³-hybridized carbons (Fsp3) is 0.500. The van der Waals surface area contributed by atoms with Gasteiger partial charge in [0.05, 0.1) is 11.1 Å². The van der Waals surface area contributed by atoms with Crippen LogP contribution in [0.4, 0.5) is 5.69 Å². The highest BCUT2D eigenvalue weighted by Crippen LogP contribution is 2.10. The Balaban J connectivity index is 2.98. The van der Waals surface area contributed by atoms with Crippen LogP contribution in [0.25, 0.3) is 0 Å². The Kier molecular flexibility index (Phi) is 6.79. The van der Waals surface area contributed by atoms with Gasteiger partial charge in [-0.25, -0.2) is 0 Å². The van der Waals surface area contributed by atoms with E-state index in [1.807, 2.05) is 0 Å². The van der Waals surface area contributed by atoms with E-state index < -0.39 is 39.3 Å². The molecule has 0 aliphatic rings. The molecule has 24 heavy (non-hydrogen) atoms. The minimum atomic E-state index is -1.02. The lowest BCUT2D eigenvalue weighted by Gasteiger charge is -2.12. The summed E-state index contributed by atoms with van der Waals surface area (Å²) in [6.07, 6.45) is 1.07. The van der Waals surface area contributed by atoms with Crippen molar-refractivity contribution in [2.75, 3.05) is 33.8 Å². The van der Waals surface area contributed by atoms with E-state index in [1.54, 1.807) is 19.0 Å². The second-order valence-electron chi connectivity index (χ2n) is 4.98. The van der Waals surface area contributed by atoms with Crippen LogP contribution in [0.15, 0.2) is 17.1 Å². The molecule has 1 heterocycles. The van der Waals surface area contributed by atoms with Crippen LogP contribution in [0.2, 0.25) is 0 Å². The van der Waals surface area contributed by atoms with Crippen molar-refractivity contribution in [2.45, 2.75) is 6.54 Å². The number of carbonyl (C=O) groups excluding carboxylic acids is 1. The molecule has 0 aliphatic heterocycles. The van der Waals surface area contributed by atoms with E-state index in [0.717, 1.165) is 16.8 Å². The molecular formula is C12H17N5O7. The van der Waals surface area contributed by atoms with E-state index in [-0.39, 0.29) is 13.1 Å². The standard InChI is InChI=1S/C12H17N5O7/c1-14(2)4-5-15-8-9(16(20)21)7-10(12(15)19)11(18)13-3-6-24-17(22)23/h7-8H,3-6H2,1-2H3,(H,13,18). The first-order valence-electron chi connectivity index (χ1n) is 6.81. The van der Waals surface area contributed by atoms with E-state index in [2.05, 4.69) is 10.2 Å². The third-order valence-corrected chi connectivity index (χ3v) is 2.90. The number of aromatic nitrogens is 1. The van der Waals surface area contributed by atoms with Gasteiger partial charge < -0.3 is 19.6 Å². The van der Waals surface area contributed by atoms with Gasteiger partial charge >= 0.3 is 0 Å². The fourth-order valence-corrected chi connectivity index (χ4v) is 1.74. The van der Waals surface area contributed by atoms with E-state index in [1.165, 1.54) is 0 Å². The first kappa shape index (κ1) is 19.0. The van der Waals surface area contributed by atoms with Crippen LogP contribution in [-0.4, -0.2) is 59.2 Å². The summed E-state index contributed by atoms with van der Waals surface area (Å²) >= 11 is 0. The number of carbonyl (C=O) groups is 1. The quantitative estimate of drug-likeness (QED) is 0.350. The van der Waals surface area contributed by atoms with Gasteiger partial charge in [0.2, 0.25) is 0 Å². The largest absolute Gasteiger partial charge is 0.350 e. The summed E-state index contributed by atoms with van der Waals surface area (Å²) in [6.45, 7) is -0.0147. The Bertz CT molecular complexity index is 685. The molecule has 0 radical (unpaired) electrons. The van der Waals surface area contributed by atoms with Crippen molar-refractivity contribution in [3.8, 4) is 0 Å². The van der Waals surface area contributed by atoms with Gasteiger partial charge in [-0.05, 0) is 14.1 Å². The van der Waals surface area contributed by atoms with Crippen LogP contribution >= 0.6 is 0 Å². The molecule has 132 valence electrons. The Morgan fingerprint density at radius 2 is 2.04 bits per heavy atom. The summed E-state index contributed by atoms with van der Waals surface area (Å²) in [5, 5.41) is 22.2. The van der Waals surface area contributed by atoms with E-state index in [9.17, 15) is 29.8 Å². The van der Waals surface area contributed by atoms with Crippen LogP contribution in [0.1, 0.15) is 10.4 Å². The molecule has 0 fully saturated rings. The second kappa shape index (κ2) is 8.57. The van der Waals surface area contributed by atoms with Crippen molar-refractivity contribution in [1.82, 2.24) is 14.8 Å². The monoisotopic (exact) mass is 343 g/mol. The Morgan fingerprint density at radius 1 is 1.38 bits per heavy atom. The van der Waals surface area contributed by atoms with E-state index >= 15 is 0 Å². The van der Waals surface area contributed by atoms with Gasteiger partial charge in [0.15, 0.2) is 0 Å². The minimum absolute atomic E-state index is 0.165. The van der Waals surface area contributed by atoms with E-state index in [4.69, 9.17) is 0 Å². The lowest BCUT2D eigenvalue weighted by atomic mass is 10.2. The molecule has 1 aromatic heterocycles. The molecule has 12 heteroatoms. The van der Waals surface area contributed by atoms with Crippen LogP contribution in [-0.2, 0) is 11.4 Å². The number of nitrogens with zero attached hydrogens (tertiary/aromatic N) is 4. The van der Waals surface area contributed by atoms with E-state index in [0.29, 0.717) is 6.54 Å². The minimum Gasteiger partial charge on any atom is -0.350 e. The fourth-order valence-electron chi connectivity index (χ4n) is 1.74. The van der Waals surface area contributed by atoms with Gasteiger partial charge in [-0.2, -0.15) is 0 Å². The molecule has 0 atom stereocenters. The predicted molar refractivity (Wildman–Crippen MR) is 81.2 cm³/mol. The van der Waals surface area contributed by atoms with Crippen molar-refractivity contribution in [3.05, 3.63) is 48.4 Å². The highest BCUT2D eigenvalue weighted by Gasteiger charge is 2.19. The van der Waals surface area contributed by atoms with Gasteiger partial charge in [0.25, 0.3) is 22.2 Å². The van der Waals surface area contributed by atoms with Gasteiger partial charge in [-0.1, -0.05) is 0 Å². The number of amides is 1. The van der Waals surface area contributed by atoms with Crippen molar-refractivity contribution >= 4 is 11.6 Å². The smallest absolute Gasteiger partial charge is 0.294 e. The molecular weight excluding hydrogens is 326 g/mol. The van der Waals surface area contributed by atoms with Crippen molar-refractivity contribution in [1.29, 1.82) is 0 Å². The van der Waals surface area contributed by atoms with Gasteiger partial charge in [-0.3, -0.25) is 19.7 Å². The summed E-state index contributed by atoms with van der Waals surface area (Å²) in [4.78, 5) is 50.3. The summed E-state index contributed by atoms with van der Waals surface area (Å²) in [7, 11) is 3.54. The Morgan fingerprint density at radius 3 is 2.58 bits per heavy atom. The first-order valence-corrected chi connectivity index (χ1v) is 6.81. The molecule has 1 aromatic rings.